The summed E-state index contributed by atoms with van der Waals surface area (Å²) >= 11 is 5.77. The molecule has 1 aromatic heterocycles. The molecule has 0 atom stereocenters. The van der Waals surface area contributed by atoms with Crippen molar-refractivity contribution in [3.05, 3.63) is 22.8 Å². The summed E-state index contributed by atoms with van der Waals surface area (Å²) in [4.78, 5) is 14.9. The van der Waals surface area contributed by atoms with Crippen molar-refractivity contribution in [1.29, 1.82) is 0 Å². The minimum Gasteiger partial charge on any atom is -0.478 e. The van der Waals surface area contributed by atoms with E-state index in [9.17, 15) is 4.79 Å². The Morgan fingerprint density at radius 3 is 2.78 bits per heavy atom. The first-order valence-electron chi connectivity index (χ1n) is 5.80. The van der Waals surface area contributed by atoms with Gasteiger partial charge >= 0.3 is 5.97 Å². The Balaban J connectivity index is 2.03. The van der Waals surface area contributed by atoms with Gasteiger partial charge in [0, 0.05) is 13.2 Å². The number of aromatic nitrogens is 1. The number of anilines is 1. The molecule has 2 rings (SSSR count). The summed E-state index contributed by atoms with van der Waals surface area (Å²) in [5.41, 5.74) is 0.256. The minimum atomic E-state index is -1.03. The summed E-state index contributed by atoms with van der Waals surface area (Å²) < 4.78 is 0. The van der Waals surface area contributed by atoms with E-state index in [4.69, 9.17) is 21.8 Å². The molecular weight excluding hydrogens is 256 g/mol. The number of nitrogens with one attached hydrogen (secondary N) is 1. The van der Waals surface area contributed by atoms with Crippen LogP contribution in [-0.4, -0.2) is 34.3 Å². The molecule has 1 aliphatic carbocycles. The number of nitrogens with zero attached hydrogens (tertiary/aromatic N) is 1. The highest BCUT2D eigenvalue weighted by Gasteiger charge is 2.41. The van der Waals surface area contributed by atoms with E-state index < -0.39 is 5.97 Å². The fourth-order valence-electron chi connectivity index (χ4n) is 1.92. The molecule has 0 aromatic carbocycles. The number of hydrogen-bond donors (Lipinski definition) is 3. The number of carboxylic acids is 1. The third-order valence-electron chi connectivity index (χ3n) is 3.28. The van der Waals surface area contributed by atoms with Crippen molar-refractivity contribution in [2.75, 3.05) is 18.5 Å². The quantitative estimate of drug-likeness (QED) is 0.689. The fourth-order valence-corrected chi connectivity index (χ4v) is 2.13. The van der Waals surface area contributed by atoms with E-state index in [2.05, 4.69) is 10.3 Å². The van der Waals surface area contributed by atoms with Crippen molar-refractivity contribution in [2.45, 2.75) is 19.3 Å². The molecule has 6 heteroatoms. The summed E-state index contributed by atoms with van der Waals surface area (Å²) in [6.45, 7) is 0.852. The van der Waals surface area contributed by atoms with Gasteiger partial charge in [0.15, 0.2) is 0 Å². The molecule has 1 fully saturated rings. The van der Waals surface area contributed by atoms with Crippen LogP contribution in [0.5, 0.6) is 0 Å². The number of pyridine rings is 1. The van der Waals surface area contributed by atoms with Crippen molar-refractivity contribution in [3.63, 3.8) is 0 Å². The molecule has 1 heterocycles. The van der Waals surface area contributed by atoms with Gasteiger partial charge in [-0.3, -0.25) is 0 Å². The number of rotatable bonds is 6. The average Bonchev–Trinajstić information content (AvgIpc) is 3.07. The van der Waals surface area contributed by atoms with Gasteiger partial charge in [-0.05, 0) is 36.8 Å². The van der Waals surface area contributed by atoms with E-state index in [0.717, 1.165) is 19.3 Å². The number of aliphatic hydroxyl groups is 1. The van der Waals surface area contributed by atoms with Gasteiger partial charge in [0.05, 0.1) is 5.56 Å². The summed E-state index contributed by atoms with van der Waals surface area (Å²) in [6, 6.07) is 2.78. The van der Waals surface area contributed by atoms with Gasteiger partial charge in [0.25, 0.3) is 0 Å². The molecule has 18 heavy (non-hydrogen) atoms. The van der Waals surface area contributed by atoms with E-state index in [-0.39, 0.29) is 22.7 Å². The van der Waals surface area contributed by atoms with Crippen LogP contribution in [0, 0.1) is 5.41 Å². The summed E-state index contributed by atoms with van der Waals surface area (Å²) in [5.74, 6) is -0.567. The van der Waals surface area contributed by atoms with E-state index in [1.807, 2.05) is 0 Å². The Labute approximate surface area is 110 Å². The summed E-state index contributed by atoms with van der Waals surface area (Å²) in [7, 11) is 0. The predicted octanol–water partition coefficient (Wildman–Crippen LogP) is 2.01. The summed E-state index contributed by atoms with van der Waals surface area (Å²) in [6.07, 6.45) is 2.91. The zero-order valence-corrected chi connectivity index (χ0v) is 10.6. The molecule has 0 unspecified atom stereocenters. The number of carboxylic acid groups (broad SMARTS) is 1. The van der Waals surface area contributed by atoms with E-state index in [1.165, 1.54) is 12.1 Å². The number of aromatic carboxylic acids is 1. The van der Waals surface area contributed by atoms with Crippen molar-refractivity contribution < 1.29 is 15.0 Å². The van der Waals surface area contributed by atoms with Crippen molar-refractivity contribution >= 4 is 23.4 Å². The maximum Gasteiger partial charge on any atom is 0.335 e. The van der Waals surface area contributed by atoms with Crippen LogP contribution in [0.2, 0.25) is 5.15 Å². The lowest BCUT2D eigenvalue weighted by Gasteiger charge is -2.15. The second kappa shape index (κ2) is 5.12. The molecule has 1 aliphatic rings. The zero-order chi connectivity index (χ0) is 13.2. The third kappa shape index (κ3) is 3.11. The smallest absolute Gasteiger partial charge is 0.335 e. The average molecular weight is 271 g/mol. The fraction of sp³-hybridized carbons (Fsp3) is 0.500. The van der Waals surface area contributed by atoms with Crippen molar-refractivity contribution in [1.82, 2.24) is 4.98 Å². The monoisotopic (exact) mass is 270 g/mol. The van der Waals surface area contributed by atoms with Gasteiger partial charge < -0.3 is 15.5 Å². The first kappa shape index (κ1) is 13.1. The maximum absolute atomic E-state index is 10.9. The maximum atomic E-state index is 10.9. The van der Waals surface area contributed by atoms with E-state index in [0.29, 0.717) is 12.4 Å². The van der Waals surface area contributed by atoms with Crippen molar-refractivity contribution in [3.8, 4) is 0 Å². The second-order valence-corrected chi connectivity index (χ2v) is 5.08. The topological polar surface area (TPSA) is 82.5 Å². The van der Waals surface area contributed by atoms with Crippen molar-refractivity contribution in [2.24, 2.45) is 5.41 Å². The molecule has 0 amide bonds. The van der Waals surface area contributed by atoms with Gasteiger partial charge in [-0.1, -0.05) is 11.6 Å². The van der Waals surface area contributed by atoms with Crippen LogP contribution in [-0.2, 0) is 0 Å². The van der Waals surface area contributed by atoms with Gasteiger partial charge in [-0.2, -0.15) is 0 Å². The van der Waals surface area contributed by atoms with Crippen LogP contribution in [0.15, 0.2) is 12.1 Å². The SMILES string of the molecule is O=C(O)c1cc(Cl)nc(NCC2(CCO)CC2)c1. The number of halogens is 1. The van der Waals surface area contributed by atoms with Crippen LogP contribution in [0.3, 0.4) is 0 Å². The Morgan fingerprint density at radius 1 is 1.50 bits per heavy atom. The normalized spacial score (nSPS) is 16.3. The molecule has 0 saturated heterocycles. The molecule has 0 spiro atoms. The molecule has 1 saturated carbocycles. The Bertz CT molecular complexity index is 461. The highest BCUT2D eigenvalue weighted by molar-refractivity contribution is 6.29. The predicted molar refractivity (Wildman–Crippen MR) is 68.1 cm³/mol. The van der Waals surface area contributed by atoms with Gasteiger partial charge in [0.2, 0.25) is 0 Å². The lowest BCUT2D eigenvalue weighted by Crippen LogP contribution is -2.17. The number of aliphatic hydroxyl groups excluding tert-OH is 1. The largest absolute Gasteiger partial charge is 0.478 e. The molecule has 0 bridgehead atoms. The Morgan fingerprint density at radius 2 is 2.22 bits per heavy atom. The first-order valence-corrected chi connectivity index (χ1v) is 6.18. The zero-order valence-electron chi connectivity index (χ0n) is 9.82. The van der Waals surface area contributed by atoms with Crippen LogP contribution in [0.25, 0.3) is 0 Å². The summed E-state index contributed by atoms with van der Waals surface area (Å²) in [5, 5.41) is 21.1. The standard InChI is InChI=1S/C12H15ClN2O3/c13-9-5-8(11(17)18)6-10(15-9)14-7-12(1-2-12)3-4-16/h5-6,16H,1-4,7H2,(H,14,15)(H,17,18). The van der Waals surface area contributed by atoms with Crippen LogP contribution in [0.1, 0.15) is 29.6 Å². The lowest BCUT2D eigenvalue weighted by atomic mass is 10.0. The van der Waals surface area contributed by atoms with Gasteiger partial charge in [-0.25, -0.2) is 9.78 Å². The van der Waals surface area contributed by atoms with E-state index in [1.54, 1.807) is 0 Å². The molecular formula is C12H15ClN2O3. The molecule has 3 N–H and O–H groups in total. The molecule has 5 nitrogen and oxygen atoms in total. The number of hydrogen-bond acceptors (Lipinski definition) is 4. The molecule has 1 aromatic rings. The molecule has 0 aliphatic heterocycles. The molecule has 98 valence electrons. The van der Waals surface area contributed by atoms with Crippen LogP contribution >= 0.6 is 11.6 Å². The second-order valence-electron chi connectivity index (χ2n) is 4.70. The molecule has 0 radical (unpaired) electrons. The van der Waals surface area contributed by atoms with Gasteiger partial charge in [0.1, 0.15) is 11.0 Å². The Kier molecular flexibility index (Phi) is 3.73. The highest BCUT2D eigenvalue weighted by atomic mass is 35.5. The van der Waals surface area contributed by atoms with Crippen LogP contribution < -0.4 is 5.32 Å². The minimum absolute atomic E-state index is 0.115. The Hall–Kier alpha value is -1.33. The van der Waals surface area contributed by atoms with Crippen LogP contribution in [0.4, 0.5) is 5.82 Å². The van der Waals surface area contributed by atoms with Gasteiger partial charge in [-0.15, -0.1) is 0 Å². The number of carbonyl (C=O) groups is 1. The highest BCUT2D eigenvalue weighted by Crippen LogP contribution is 2.48. The van der Waals surface area contributed by atoms with E-state index >= 15 is 0 Å². The lowest BCUT2D eigenvalue weighted by molar-refractivity contribution is 0.0697. The first-order chi connectivity index (χ1) is 8.54. The third-order valence-corrected chi connectivity index (χ3v) is 3.48.